The van der Waals surface area contributed by atoms with Gasteiger partial charge >= 0.3 is 0 Å². The van der Waals surface area contributed by atoms with Crippen LogP contribution in [0.4, 0.5) is 0 Å². The van der Waals surface area contributed by atoms with Gasteiger partial charge in [-0.15, -0.1) is 0 Å². The Labute approximate surface area is 225 Å². The zero-order chi connectivity index (χ0) is 26.7. The van der Waals surface area contributed by atoms with Crippen molar-refractivity contribution in [2.24, 2.45) is 5.92 Å². The zero-order valence-electron chi connectivity index (χ0n) is 23.0. The highest BCUT2D eigenvalue weighted by Crippen LogP contribution is 2.44. The van der Waals surface area contributed by atoms with Crippen molar-refractivity contribution in [3.05, 3.63) is 53.8 Å². The Kier molecular flexibility index (Phi) is 7.84. The first-order valence-electron chi connectivity index (χ1n) is 13.8. The van der Waals surface area contributed by atoms with Gasteiger partial charge in [0.2, 0.25) is 5.75 Å². The summed E-state index contributed by atoms with van der Waals surface area (Å²) in [5.74, 6) is 2.53. The molecule has 0 radical (unpaired) electrons. The number of nitrogens with one attached hydrogen (secondary N) is 1. The Hall–Kier alpha value is -3.19. The van der Waals surface area contributed by atoms with Crippen LogP contribution in [0.3, 0.4) is 0 Å². The summed E-state index contributed by atoms with van der Waals surface area (Å²) in [6.45, 7) is 3.66. The van der Waals surface area contributed by atoms with Gasteiger partial charge in [-0.2, -0.15) is 0 Å². The maximum atomic E-state index is 14.7. The quantitative estimate of drug-likeness (QED) is 0.363. The molecule has 1 amide bonds. The van der Waals surface area contributed by atoms with Crippen molar-refractivity contribution in [2.45, 2.75) is 70.0 Å². The Bertz CT molecular complexity index is 1200. The molecule has 2 fully saturated rings. The SMILES string of the molecule is COc1cc(C(=O)N(Cc2cc3ccccc3o2)C(C)(C2CCCCC2)C2CCCN2)cc(OC)c1OC. The van der Waals surface area contributed by atoms with Crippen LogP contribution in [0.2, 0.25) is 0 Å². The number of furan rings is 1. The Morgan fingerprint density at radius 1 is 0.974 bits per heavy atom. The fourth-order valence-electron chi connectivity index (χ4n) is 6.66. The summed E-state index contributed by atoms with van der Waals surface area (Å²) in [6, 6.07) is 13.8. The molecule has 2 aromatic carbocycles. The van der Waals surface area contributed by atoms with Crippen LogP contribution in [0.1, 0.15) is 68.0 Å². The minimum atomic E-state index is -0.395. The predicted molar refractivity (Wildman–Crippen MR) is 148 cm³/mol. The lowest BCUT2D eigenvalue weighted by atomic mass is 9.70. The number of carbonyl (C=O) groups excluding carboxylic acids is 1. The molecule has 1 saturated heterocycles. The highest BCUT2D eigenvalue weighted by molar-refractivity contribution is 5.96. The molecule has 1 saturated carbocycles. The van der Waals surface area contributed by atoms with Crippen molar-refractivity contribution >= 4 is 16.9 Å². The smallest absolute Gasteiger partial charge is 0.255 e. The monoisotopic (exact) mass is 520 g/mol. The molecule has 2 unspecified atom stereocenters. The first-order valence-corrected chi connectivity index (χ1v) is 13.8. The van der Waals surface area contributed by atoms with Gasteiger partial charge in [-0.05, 0) is 69.3 Å². The topological polar surface area (TPSA) is 73.2 Å². The predicted octanol–water partition coefficient (Wildman–Crippen LogP) is 6.19. The Morgan fingerprint density at radius 2 is 1.68 bits per heavy atom. The number of carbonyl (C=O) groups is 1. The van der Waals surface area contributed by atoms with Crippen LogP contribution in [-0.2, 0) is 6.54 Å². The number of methoxy groups -OCH3 is 3. The highest BCUT2D eigenvalue weighted by Gasteiger charge is 2.49. The fourth-order valence-corrected chi connectivity index (χ4v) is 6.66. The van der Waals surface area contributed by atoms with Crippen LogP contribution in [-0.4, -0.2) is 50.3 Å². The largest absolute Gasteiger partial charge is 0.493 e. The van der Waals surface area contributed by atoms with Crippen molar-refractivity contribution in [1.29, 1.82) is 0 Å². The number of para-hydroxylation sites is 1. The first kappa shape index (κ1) is 26.4. The Morgan fingerprint density at radius 3 is 2.29 bits per heavy atom. The number of ether oxygens (including phenoxy) is 3. The molecule has 0 spiro atoms. The zero-order valence-corrected chi connectivity index (χ0v) is 23.0. The van der Waals surface area contributed by atoms with E-state index in [2.05, 4.69) is 23.2 Å². The summed E-state index contributed by atoms with van der Waals surface area (Å²) in [5.41, 5.74) is 0.949. The van der Waals surface area contributed by atoms with Gasteiger partial charge in [-0.1, -0.05) is 37.5 Å². The van der Waals surface area contributed by atoms with Crippen LogP contribution in [0.5, 0.6) is 17.2 Å². The van der Waals surface area contributed by atoms with E-state index in [0.717, 1.165) is 49.0 Å². The van der Waals surface area contributed by atoms with Crippen LogP contribution in [0.25, 0.3) is 11.0 Å². The molecule has 7 nitrogen and oxygen atoms in total. The van der Waals surface area contributed by atoms with Gasteiger partial charge in [0.15, 0.2) is 11.5 Å². The second-order valence-electron chi connectivity index (χ2n) is 10.8. The van der Waals surface area contributed by atoms with Crippen molar-refractivity contribution in [3.63, 3.8) is 0 Å². The minimum Gasteiger partial charge on any atom is -0.493 e. The van der Waals surface area contributed by atoms with Crippen LogP contribution in [0.15, 0.2) is 46.9 Å². The van der Waals surface area contributed by atoms with E-state index < -0.39 is 5.54 Å². The lowest BCUT2D eigenvalue weighted by molar-refractivity contribution is -0.000511. The van der Waals surface area contributed by atoms with E-state index in [1.807, 2.05) is 24.3 Å². The number of benzene rings is 2. The molecule has 2 atom stereocenters. The van der Waals surface area contributed by atoms with Gasteiger partial charge in [0.1, 0.15) is 11.3 Å². The van der Waals surface area contributed by atoms with Gasteiger partial charge in [0.25, 0.3) is 5.91 Å². The van der Waals surface area contributed by atoms with Crippen molar-refractivity contribution in [3.8, 4) is 17.2 Å². The third-order valence-electron chi connectivity index (χ3n) is 8.73. The first-order chi connectivity index (χ1) is 18.5. The second kappa shape index (κ2) is 11.3. The fraction of sp³-hybridized carbons (Fsp3) is 0.516. The summed E-state index contributed by atoms with van der Waals surface area (Å²) in [4.78, 5) is 16.7. The van der Waals surface area contributed by atoms with Crippen molar-refractivity contribution in [2.75, 3.05) is 27.9 Å². The number of hydrogen-bond acceptors (Lipinski definition) is 6. The van der Waals surface area contributed by atoms with Gasteiger partial charge in [-0.3, -0.25) is 4.79 Å². The Balaban J connectivity index is 1.62. The average Bonchev–Trinajstić information content (AvgIpc) is 3.65. The van der Waals surface area contributed by atoms with E-state index in [1.165, 1.54) is 19.3 Å². The standard InChI is InChI=1S/C31H40N2O5/c1-31(28-15-10-16-32-28,23-12-6-5-7-13-23)33(20-24-17-21-11-8-9-14-25(21)38-24)30(34)22-18-26(35-2)29(37-4)27(19-22)36-3/h8-9,11,14,17-19,23,28,32H,5-7,10,12-13,15-16,20H2,1-4H3. The second-order valence-corrected chi connectivity index (χ2v) is 10.8. The molecule has 5 rings (SSSR count). The summed E-state index contributed by atoms with van der Waals surface area (Å²) >= 11 is 0. The van der Waals surface area contributed by atoms with E-state index >= 15 is 0 Å². The molecular formula is C31H40N2O5. The number of rotatable bonds is 9. The molecule has 3 aromatic rings. The molecule has 2 aliphatic rings. The average molecular weight is 521 g/mol. The third kappa shape index (κ3) is 4.84. The van der Waals surface area contributed by atoms with Crippen molar-refractivity contribution in [1.82, 2.24) is 10.2 Å². The number of hydrogen-bond donors (Lipinski definition) is 1. The van der Waals surface area contributed by atoms with E-state index in [4.69, 9.17) is 18.6 Å². The van der Waals surface area contributed by atoms with Crippen molar-refractivity contribution < 1.29 is 23.4 Å². The van der Waals surface area contributed by atoms with Crippen LogP contribution in [0, 0.1) is 5.92 Å². The maximum absolute atomic E-state index is 14.7. The summed E-state index contributed by atoms with van der Waals surface area (Å²) in [7, 11) is 4.72. The lowest BCUT2D eigenvalue weighted by Crippen LogP contribution is -2.63. The van der Waals surface area contributed by atoms with E-state index in [1.54, 1.807) is 33.5 Å². The molecule has 1 aromatic heterocycles. The van der Waals surface area contributed by atoms with Gasteiger partial charge in [-0.25, -0.2) is 0 Å². The van der Waals surface area contributed by atoms with Gasteiger partial charge < -0.3 is 28.8 Å². The van der Waals surface area contributed by atoms with Crippen LogP contribution < -0.4 is 19.5 Å². The van der Waals surface area contributed by atoms with Crippen LogP contribution >= 0.6 is 0 Å². The summed E-state index contributed by atoms with van der Waals surface area (Å²) in [5, 5.41) is 4.81. The lowest BCUT2D eigenvalue weighted by Gasteiger charge is -2.51. The molecule has 1 N–H and O–H groups in total. The van der Waals surface area contributed by atoms with E-state index in [-0.39, 0.29) is 11.9 Å². The number of nitrogens with zero attached hydrogens (tertiary/aromatic N) is 1. The normalized spacial score (nSPS) is 19.7. The molecule has 204 valence electrons. The van der Waals surface area contributed by atoms with E-state index in [9.17, 15) is 4.79 Å². The summed E-state index contributed by atoms with van der Waals surface area (Å²) in [6.07, 6.45) is 8.06. The molecule has 2 heterocycles. The molecule has 1 aliphatic carbocycles. The van der Waals surface area contributed by atoms with E-state index in [0.29, 0.717) is 35.3 Å². The minimum absolute atomic E-state index is 0.0634. The van der Waals surface area contributed by atoms with Gasteiger partial charge in [0.05, 0.1) is 33.4 Å². The molecule has 7 heteroatoms. The maximum Gasteiger partial charge on any atom is 0.255 e. The number of fused-ring (bicyclic) bond motifs is 1. The molecule has 1 aliphatic heterocycles. The molecular weight excluding hydrogens is 480 g/mol. The highest BCUT2D eigenvalue weighted by atomic mass is 16.5. The molecule has 38 heavy (non-hydrogen) atoms. The molecule has 0 bridgehead atoms. The summed E-state index contributed by atoms with van der Waals surface area (Å²) < 4.78 is 23.0. The van der Waals surface area contributed by atoms with Gasteiger partial charge in [0, 0.05) is 17.0 Å². The number of amides is 1. The third-order valence-corrected chi connectivity index (χ3v) is 8.73.